The smallest absolute Gasteiger partial charge is 0.137 e. The molecular formula is C15H23ClN2O2. The Kier molecular flexibility index (Phi) is 5.66. The summed E-state index contributed by atoms with van der Waals surface area (Å²) in [6.07, 6.45) is 0. The van der Waals surface area contributed by atoms with E-state index in [1.54, 1.807) is 0 Å². The molecule has 0 saturated carbocycles. The lowest BCUT2D eigenvalue weighted by Crippen LogP contribution is -2.46. The van der Waals surface area contributed by atoms with Crippen LogP contribution < -0.4 is 4.74 Å². The van der Waals surface area contributed by atoms with Crippen LogP contribution in [0.5, 0.6) is 5.75 Å². The van der Waals surface area contributed by atoms with E-state index < -0.39 is 0 Å². The van der Waals surface area contributed by atoms with Crippen LogP contribution in [-0.2, 0) is 0 Å². The highest BCUT2D eigenvalue weighted by Crippen LogP contribution is 2.30. The molecule has 1 aromatic carbocycles. The highest BCUT2D eigenvalue weighted by Gasteiger charge is 2.23. The molecule has 2 rings (SSSR count). The molecule has 1 heterocycles. The second-order valence-corrected chi connectivity index (χ2v) is 5.57. The van der Waals surface area contributed by atoms with Crippen LogP contribution in [-0.4, -0.2) is 61.3 Å². The fourth-order valence-electron chi connectivity index (χ4n) is 2.56. The summed E-state index contributed by atoms with van der Waals surface area (Å²) in [6.45, 7) is 6.63. The standard InChI is InChI=1S/C15H23ClN2O2/c1-3-20-15-5-4-12(10-13(15)16)14(11-19)18-8-6-17(2)7-9-18/h4-5,10,14,19H,3,6-9,11H2,1-2H3. The zero-order valence-corrected chi connectivity index (χ0v) is 12.9. The van der Waals surface area contributed by atoms with Crippen molar-refractivity contribution in [1.29, 1.82) is 0 Å². The van der Waals surface area contributed by atoms with Crippen molar-refractivity contribution in [3.8, 4) is 5.75 Å². The number of halogens is 1. The van der Waals surface area contributed by atoms with E-state index in [1.807, 2.05) is 25.1 Å². The summed E-state index contributed by atoms with van der Waals surface area (Å²) in [6, 6.07) is 5.80. The number of piperazine rings is 1. The second-order valence-electron chi connectivity index (χ2n) is 5.16. The summed E-state index contributed by atoms with van der Waals surface area (Å²) in [5.74, 6) is 0.702. The zero-order valence-electron chi connectivity index (χ0n) is 12.2. The number of rotatable bonds is 5. The van der Waals surface area contributed by atoms with E-state index >= 15 is 0 Å². The Labute approximate surface area is 125 Å². The van der Waals surface area contributed by atoms with Crippen LogP contribution in [0.2, 0.25) is 5.02 Å². The van der Waals surface area contributed by atoms with E-state index in [9.17, 15) is 5.11 Å². The van der Waals surface area contributed by atoms with E-state index in [0.717, 1.165) is 31.7 Å². The predicted octanol–water partition coefficient (Wildman–Crippen LogP) is 2.02. The Morgan fingerprint density at radius 1 is 1.30 bits per heavy atom. The van der Waals surface area contributed by atoms with Gasteiger partial charge in [0.15, 0.2) is 0 Å². The summed E-state index contributed by atoms with van der Waals surface area (Å²) in [4.78, 5) is 4.61. The van der Waals surface area contributed by atoms with E-state index in [4.69, 9.17) is 16.3 Å². The van der Waals surface area contributed by atoms with Crippen LogP contribution in [0.4, 0.5) is 0 Å². The lowest BCUT2D eigenvalue weighted by Gasteiger charge is -2.37. The minimum Gasteiger partial charge on any atom is -0.492 e. The molecule has 0 bridgehead atoms. The minimum atomic E-state index is 0.0110. The average Bonchev–Trinajstić information content (AvgIpc) is 2.45. The van der Waals surface area contributed by atoms with Crippen LogP contribution in [0, 0.1) is 0 Å². The number of ether oxygens (including phenoxy) is 1. The van der Waals surface area contributed by atoms with Gasteiger partial charge in [-0.15, -0.1) is 0 Å². The fourth-order valence-corrected chi connectivity index (χ4v) is 2.81. The van der Waals surface area contributed by atoms with Crippen molar-refractivity contribution in [2.75, 3.05) is 46.4 Å². The number of aliphatic hydroxyl groups is 1. The molecule has 0 aromatic heterocycles. The summed E-state index contributed by atoms with van der Waals surface area (Å²) >= 11 is 6.24. The Bertz CT molecular complexity index is 434. The summed E-state index contributed by atoms with van der Waals surface area (Å²) in [7, 11) is 2.12. The maximum atomic E-state index is 9.73. The number of benzene rings is 1. The van der Waals surface area contributed by atoms with Gasteiger partial charge in [-0.1, -0.05) is 17.7 Å². The van der Waals surface area contributed by atoms with Gasteiger partial charge >= 0.3 is 0 Å². The Balaban J connectivity index is 2.13. The molecule has 0 radical (unpaired) electrons. The molecule has 0 amide bonds. The zero-order chi connectivity index (χ0) is 14.5. The van der Waals surface area contributed by atoms with Crippen molar-refractivity contribution in [1.82, 2.24) is 9.80 Å². The quantitative estimate of drug-likeness (QED) is 0.902. The minimum absolute atomic E-state index is 0.0110. The number of likely N-dealkylation sites (N-methyl/N-ethyl adjacent to an activating group) is 1. The monoisotopic (exact) mass is 298 g/mol. The van der Waals surface area contributed by atoms with E-state index in [1.165, 1.54) is 0 Å². The summed E-state index contributed by atoms with van der Waals surface area (Å²) in [5, 5.41) is 10.3. The first-order valence-corrected chi connectivity index (χ1v) is 7.49. The topological polar surface area (TPSA) is 35.9 Å². The Morgan fingerprint density at radius 3 is 2.55 bits per heavy atom. The molecule has 4 nitrogen and oxygen atoms in total. The van der Waals surface area contributed by atoms with Crippen molar-refractivity contribution >= 4 is 11.6 Å². The van der Waals surface area contributed by atoms with Gasteiger partial charge in [-0.2, -0.15) is 0 Å². The van der Waals surface area contributed by atoms with Crippen LogP contribution in [0.25, 0.3) is 0 Å². The maximum absolute atomic E-state index is 9.73. The molecule has 1 saturated heterocycles. The first kappa shape index (κ1) is 15.6. The molecule has 1 aromatic rings. The summed E-state index contributed by atoms with van der Waals surface area (Å²) < 4.78 is 5.45. The third kappa shape index (κ3) is 3.64. The SMILES string of the molecule is CCOc1ccc(C(CO)N2CCN(C)CC2)cc1Cl. The predicted molar refractivity (Wildman–Crippen MR) is 81.5 cm³/mol. The van der Waals surface area contributed by atoms with Gasteiger partial charge in [-0.25, -0.2) is 0 Å². The molecule has 1 unspecified atom stereocenters. The van der Waals surface area contributed by atoms with E-state index in [0.29, 0.717) is 17.4 Å². The van der Waals surface area contributed by atoms with Crippen molar-refractivity contribution in [2.45, 2.75) is 13.0 Å². The number of aliphatic hydroxyl groups excluding tert-OH is 1. The van der Waals surface area contributed by atoms with Gasteiger partial charge in [0, 0.05) is 26.2 Å². The fraction of sp³-hybridized carbons (Fsp3) is 0.600. The van der Waals surface area contributed by atoms with E-state index in [-0.39, 0.29) is 12.6 Å². The molecular weight excluding hydrogens is 276 g/mol. The summed E-state index contributed by atoms with van der Waals surface area (Å²) in [5.41, 5.74) is 1.05. The maximum Gasteiger partial charge on any atom is 0.137 e. The largest absolute Gasteiger partial charge is 0.492 e. The number of nitrogens with zero attached hydrogens (tertiary/aromatic N) is 2. The van der Waals surface area contributed by atoms with Crippen molar-refractivity contribution in [3.63, 3.8) is 0 Å². The Hall–Kier alpha value is -0.810. The molecule has 0 spiro atoms. The molecule has 1 atom stereocenters. The van der Waals surface area contributed by atoms with Gasteiger partial charge in [-0.3, -0.25) is 4.90 Å². The highest BCUT2D eigenvalue weighted by atomic mass is 35.5. The van der Waals surface area contributed by atoms with Crippen LogP contribution in [0.1, 0.15) is 18.5 Å². The van der Waals surface area contributed by atoms with Gasteiger partial charge < -0.3 is 14.7 Å². The molecule has 20 heavy (non-hydrogen) atoms. The average molecular weight is 299 g/mol. The first-order valence-electron chi connectivity index (χ1n) is 7.11. The molecule has 5 heteroatoms. The van der Waals surface area contributed by atoms with Crippen molar-refractivity contribution in [3.05, 3.63) is 28.8 Å². The van der Waals surface area contributed by atoms with Gasteiger partial charge in [0.05, 0.1) is 24.3 Å². The second kappa shape index (κ2) is 7.27. The van der Waals surface area contributed by atoms with Gasteiger partial charge in [-0.05, 0) is 31.7 Å². The van der Waals surface area contributed by atoms with Crippen LogP contribution in [0.3, 0.4) is 0 Å². The number of hydrogen-bond donors (Lipinski definition) is 1. The molecule has 112 valence electrons. The van der Waals surface area contributed by atoms with Crippen LogP contribution in [0.15, 0.2) is 18.2 Å². The van der Waals surface area contributed by atoms with Gasteiger partial charge in [0.2, 0.25) is 0 Å². The Morgan fingerprint density at radius 2 is 2.00 bits per heavy atom. The molecule has 1 N–H and O–H groups in total. The normalized spacial score (nSPS) is 19.0. The lowest BCUT2D eigenvalue weighted by molar-refractivity contribution is 0.0748. The third-order valence-electron chi connectivity index (χ3n) is 3.79. The van der Waals surface area contributed by atoms with Crippen LogP contribution >= 0.6 is 11.6 Å². The van der Waals surface area contributed by atoms with Crippen molar-refractivity contribution < 1.29 is 9.84 Å². The van der Waals surface area contributed by atoms with E-state index in [2.05, 4.69) is 16.8 Å². The third-order valence-corrected chi connectivity index (χ3v) is 4.09. The highest BCUT2D eigenvalue weighted by molar-refractivity contribution is 6.32. The van der Waals surface area contributed by atoms with Crippen molar-refractivity contribution in [2.24, 2.45) is 0 Å². The molecule has 1 aliphatic rings. The molecule has 0 aliphatic carbocycles. The van der Waals surface area contributed by atoms with Gasteiger partial charge in [0.1, 0.15) is 5.75 Å². The first-order chi connectivity index (χ1) is 9.65. The van der Waals surface area contributed by atoms with Gasteiger partial charge in [0.25, 0.3) is 0 Å². The number of hydrogen-bond acceptors (Lipinski definition) is 4. The molecule has 1 fully saturated rings. The molecule has 1 aliphatic heterocycles. The lowest BCUT2D eigenvalue weighted by atomic mass is 10.0.